The summed E-state index contributed by atoms with van der Waals surface area (Å²) in [6, 6.07) is 8.71. The van der Waals surface area contributed by atoms with Crippen molar-refractivity contribution in [2.75, 3.05) is 26.3 Å². The number of morpholine rings is 1. The Labute approximate surface area is 157 Å². The van der Waals surface area contributed by atoms with E-state index in [0.29, 0.717) is 18.2 Å². The van der Waals surface area contributed by atoms with Crippen molar-refractivity contribution in [3.63, 3.8) is 0 Å². The molecule has 0 spiro atoms. The maximum absolute atomic E-state index is 10.7. The molecule has 1 atom stereocenters. The zero-order valence-corrected chi connectivity index (χ0v) is 16.2. The Bertz CT molecular complexity index is 889. The summed E-state index contributed by atoms with van der Waals surface area (Å²) in [5.74, 6) is 0.180. The zero-order valence-electron chi connectivity index (χ0n) is 15.3. The molecule has 138 valence electrons. The van der Waals surface area contributed by atoms with Crippen LogP contribution >= 0.6 is 11.3 Å². The number of aromatic hydroxyl groups is 1. The standard InChI is InChI=1S/C19H24N4O2S/c1-19(2,3)14-6-4-13(5-7-14)15(22-8-10-25-11-9-22)16-17(24)23-18(26-16)20-12-21-23/h4-7,12,15,24H,8-11H2,1-3H3. The summed E-state index contributed by atoms with van der Waals surface area (Å²) in [5.41, 5.74) is 2.58. The van der Waals surface area contributed by atoms with Gasteiger partial charge in [-0.1, -0.05) is 56.4 Å². The largest absolute Gasteiger partial charge is 0.492 e. The number of benzene rings is 1. The minimum absolute atomic E-state index is 0.0265. The van der Waals surface area contributed by atoms with Crippen LogP contribution in [0.5, 0.6) is 5.88 Å². The van der Waals surface area contributed by atoms with E-state index < -0.39 is 0 Å². The first kappa shape index (κ1) is 17.5. The molecule has 1 saturated heterocycles. The van der Waals surface area contributed by atoms with Gasteiger partial charge in [0.2, 0.25) is 10.8 Å². The molecular formula is C19H24N4O2S. The summed E-state index contributed by atoms with van der Waals surface area (Å²) in [5, 5.41) is 14.9. The van der Waals surface area contributed by atoms with E-state index in [0.717, 1.165) is 18.0 Å². The van der Waals surface area contributed by atoms with Gasteiger partial charge in [0.1, 0.15) is 6.33 Å². The molecule has 1 N–H and O–H groups in total. The fourth-order valence-corrected chi connectivity index (χ4v) is 4.49. The van der Waals surface area contributed by atoms with Crippen LogP contribution in [0.25, 0.3) is 4.96 Å². The van der Waals surface area contributed by atoms with Crippen LogP contribution in [0.1, 0.15) is 42.8 Å². The van der Waals surface area contributed by atoms with Crippen LogP contribution < -0.4 is 0 Å². The van der Waals surface area contributed by atoms with Crippen LogP contribution in [0, 0.1) is 0 Å². The number of ether oxygens (including phenoxy) is 1. The van der Waals surface area contributed by atoms with Crippen molar-refractivity contribution in [3.8, 4) is 5.88 Å². The number of hydrogen-bond acceptors (Lipinski definition) is 6. The molecule has 0 radical (unpaired) electrons. The minimum Gasteiger partial charge on any atom is -0.492 e. The Morgan fingerprint density at radius 3 is 2.46 bits per heavy atom. The molecule has 3 aromatic rings. The van der Waals surface area contributed by atoms with E-state index in [2.05, 4.69) is 60.0 Å². The maximum atomic E-state index is 10.7. The second-order valence-corrected chi connectivity index (χ2v) is 8.68. The fraction of sp³-hybridized carbons (Fsp3) is 0.474. The molecule has 2 aromatic heterocycles. The van der Waals surface area contributed by atoms with Crippen molar-refractivity contribution in [3.05, 3.63) is 46.6 Å². The molecule has 3 heterocycles. The molecule has 4 rings (SSSR count). The number of aromatic nitrogens is 3. The van der Waals surface area contributed by atoms with Crippen molar-refractivity contribution >= 4 is 16.3 Å². The van der Waals surface area contributed by atoms with E-state index in [1.807, 2.05) is 0 Å². The van der Waals surface area contributed by atoms with Crippen molar-refractivity contribution < 1.29 is 9.84 Å². The molecule has 1 aliphatic rings. The highest BCUT2D eigenvalue weighted by molar-refractivity contribution is 7.17. The van der Waals surface area contributed by atoms with E-state index in [1.165, 1.54) is 33.3 Å². The Morgan fingerprint density at radius 2 is 1.85 bits per heavy atom. The second kappa shape index (κ2) is 6.64. The first-order chi connectivity index (χ1) is 12.4. The molecular weight excluding hydrogens is 348 g/mol. The molecule has 0 bridgehead atoms. The van der Waals surface area contributed by atoms with Crippen LogP contribution in [0.3, 0.4) is 0 Å². The molecule has 6 nitrogen and oxygen atoms in total. The van der Waals surface area contributed by atoms with Crippen LogP contribution in [0.4, 0.5) is 0 Å². The number of fused-ring (bicyclic) bond motifs is 1. The lowest BCUT2D eigenvalue weighted by Gasteiger charge is -2.34. The number of nitrogens with zero attached hydrogens (tertiary/aromatic N) is 4. The van der Waals surface area contributed by atoms with Gasteiger partial charge in [-0.05, 0) is 16.5 Å². The van der Waals surface area contributed by atoms with Crippen molar-refractivity contribution in [2.45, 2.75) is 32.2 Å². The molecule has 1 aliphatic heterocycles. The topological polar surface area (TPSA) is 62.9 Å². The third-order valence-electron chi connectivity index (χ3n) is 4.89. The molecule has 7 heteroatoms. The van der Waals surface area contributed by atoms with E-state index in [4.69, 9.17) is 4.74 Å². The summed E-state index contributed by atoms with van der Waals surface area (Å²) in [6.07, 6.45) is 1.47. The highest BCUT2D eigenvalue weighted by atomic mass is 32.1. The number of thiazole rings is 1. The first-order valence-electron chi connectivity index (χ1n) is 8.89. The van der Waals surface area contributed by atoms with Gasteiger partial charge in [0.15, 0.2) is 0 Å². The lowest BCUT2D eigenvalue weighted by molar-refractivity contribution is 0.0241. The maximum Gasteiger partial charge on any atom is 0.230 e. The number of rotatable bonds is 3. The van der Waals surface area contributed by atoms with Gasteiger partial charge >= 0.3 is 0 Å². The second-order valence-electron chi connectivity index (χ2n) is 7.67. The van der Waals surface area contributed by atoms with Gasteiger partial charge < -0.3 is 9.84 Å². The van der Waals surface area contributed by atoms with Gasteiger partial charge in [-0.2, -0.15) is 9.61 Å². The minimum atomic E-state index is -0.0265. The van der Waals surface area contributed by atoms with Gasteiger partial charge in [-0.15, -0.1) is 0 Å². The SMILES string of the molecule is CC(C)(C)c1ccc(C(c2sc3ncnn3c2O)N2CCOCC2)cc1. The lowest BCUT2D eigenvalue weighted by atomic mass is 9.86. The first-order valence-corrected chi connectivity index (χ1v) is 9.70. The predicted octanol–water partition coefficient (Wildman–Crippen LogP) is 3.22. The van der Waals surface area contributed by atoms with Crippen molar-refractivity contribution in [2.24, 2.45) is 0 Å². The normalized spacial score (nSPS) is 17.7. The summed E-state index contributed by atoms with van der Waals surface area (Å²) < 4.78 is 7.04. The van der Waals surface area contributed by atoms with E-state index in [-0.39, 0.29) is 17.3 Å². The summed E-state index contributed by atoms with van der Waals surface area (Å²) >= 11 is 1.49. The highest BCUT2D eigenvalue weighted by Crippen LogP contribution is 2.40. The van der Waals surface area contributed by atoms with Crippen LogP contribution in [0.15, 0.2) is 30.6 Å². The van der Waals surface area contributed by atoms with Gasteiger partial charge in [0, 0.05) is 13.1 Å². The molecule has 0 amide bonds. The quantitative estimate of drug-likeness (QED) is 0.765. The molecule has 26 heavy (non-hydrogen) atoms. The molecule has 1 fully saturated rings. The van der Waals surface area contributed by atoms with Gasteiger partial charge in [0.05, 0.1) is 24.1 Å². The molecule has 0 saturated carbocycles. The molecule has 0 aliphatic carbocycles. The Balaban J connectivity index is 1.78. The fourth-order valence-electron chi connectivity index (χ4n) is 3.40. The highest BCUT2D eigenvalue weighted by Gasteiger charge is 2.30. The predicted molar refractivity (Wildman–Crippen MR) is 102 cm³/mol. The monoisotopic (exact) mass is 372 g/mol. The third-order valence-corrected chi connectivity index (χ3v) is 5.98. The third kappa shape index (κ3) is 3.11. The molecule has 1 aromatic carbocycles. The van der Waals surface area contributed by atoms with E-state index >= 15 is 0 Å². The lowest BCUT2D eigenvalue weighted by Crippen LogP contribution is -2.39. The molecule has 1 unspecified atom stereocenters. The summed E-state index contributed by atoms with van der Waals surface area (Å²) in [6.45, 7) is 9.72. The van der Waals surface area contributed by atoms with E-state index in [9.17, 15) is 5.11 Å². The smallest absolute Gasteiger partial charge is 0.230 e. The summed E-state index contributed by atoms with van der Waals surface area (Å²) in [4.78, 5) is 8.19. The Kier molecular flexibility index (Phi) is 4.46. The van der Waals surface area contributed by atoms with Gasteiger partial charge in [0.25, 0.3) is 0 Å². The van der Waals surface area contributed by atoms with Gasteiger partial charge in [-0.3, -0.25) is 4.90 Å². The van der Waals surface area contributed by atoms with E-state index in [1.54, 1.807) is 0 Å². The van der Waals surface area contributed by atoms with Gasteiger partial charge in [-0.25, -0.2) is 4.98 Å². The van der Waals surface area contributed by atoms with Crippen molar-refractivity contribution in [1.29, 1.82) is 0 Å². The van der Waals surface area contributed by atoms with Crippen LogP contribution in [-0.2, 0) is 10.2 Å². The van der Waals surface area contributed by atoms with Crippen LogP contribution in [-0.4, -0.2) is 50.9 Å². The zero-order chi connectivity index (χ0) is 18.3. The van der Waals surface area contributed by atoms with Crippen molar-refractivity contribution in [1.82, 2.24) is 19.5 Å². The Hall–Kier alpha value is -1.96. The van der Waals surface area contributed by atoms with Crippen LogP contribution in [0.2, 0.25) is 0 Å². The average molecular weight is 372 g/mol. The number of hydrogen-bond donors (Lipinski definition) is 1. The Morgan fingerprint density at radius 1 is 1.15 bits per heavy atom. The summed E-state index contributed by atoms with van der Waals surface area (Å²) in [7, 11) is 0. The average Bonchev–Trinajstić information content (AvgIpc) is 3.20.